The third kappa shape index (κ3) is 1.84. The van der Waals surface area contributed by atoms with Crippen LogP contribution in [0.15, 0.2) is 29.4 Å². The molecule has 0 aromatic carbocycles. The van der Waals surface area contributed by atoms with Crippen LogP contribution in [-0.2, 0) is 0 Å². The fourth-order valence-corrected chi connectivity index (χ4v) is 1.53. The molecular weight excluding hydrogens is 178 g/mol. The van der Waals surface area contributed by atoms with Gasteiger partial charge in [0.1, 0.15) is 5.84 Å². The molecule has 14 heavy (non-hydrogen) atoms. The molecule has 78 valence electrons. The van der Waals surface area contributed by atoms with E-state index < -0.39 is 0 Å². The first-order valence-electron chi connectivity index (χ1n) is 4.50. The summed E-state index contributed by atoms with van der Waals surface area (Å²) in [6.07, 6.45) is 7.90. The minimum absolute atomic E-state index is 0. The lowest BCUT2D eigenvalue weighted by Gasteiger charge is -2.24. The molecule has 5 heteroatoms. The molecule has 2 aliphatic rings. The van der Waals surface area contributed by atoms with Gasteiger partial charge in [-0.1, -0.05) is 13.0 Å². The average Bonchev–Trinajstić information content (AvgIpc) is 2.40. The van der Waals surface area contributed by atoms with Gasteiger partial charge in [-0.3, -0.25) is 10.3 Å². The molecule has 1 unspecified atom stereocenters. The minimum Gasteiger partial charge on any atom is -0.344 e. The van der Waals surface area contributed by atoms with E-state index in [9.17, 15) is 0 Å². The number of rotatable bonds is 2. The van der Waals surface area contributed by atoms with E-state index in [1.54, 1.807) is 0 Å². The Labute approximate surface area is 84.1 Å². The van der Waals surface area contributed by atoms with Gasteiger partial charge in [0.2, 0.25) is 0 Å². The summed E-state index contributed by atoms with van der Waals surface area (Å²) in [5.74, 6) is 0.592. The zero-order valence-corrected chi connectivity index (χ0v) is 8.62. The maximum Gasteiger partial charge on any atom is 0.180 e. The first kappa shape index (κ1) is 10.9. The van der Waals surface area contributed by atoms with E-state index in [4.69, 9.17) is 0 Å². The summed E-state index contributed by atoms with van der Waals surface area (Å²) in [4.78, 5) is 4.51. The van der Waals surface area contributed by atoms with Crippen molar-refractivity contribution >= 4 is 5.84 Å². The standard InChI is InChI=1S/C9H14N4.H3N/c1-3-10-9(2)11-8-6-4-5-7-13(8)12-9;/h4-7,10,12H,3H2,1-2H3;1H3. The van der Waals surface area contributed by atoms with Crippen LogP contribution in [0.2, 0.25) is 0 Å². The molecule has 0 saturated heterocycles. The number of hydrazine groups is 1. The number of nitrogens with one attached hydrogen (secondary N) is 2. The topological polar surface area (TPSA) is 74.7 Å². The summed E-state index contributed by atoms with van der Waals surface area (Å²) in [5.41, 5.74) is 3.25. The van der Waals surface area contributed by atoms with Gasteiger partial charge in [-0.15, -0.1) is 0 Å². The van der Waals surface area contributed by atoms with Crippen molar-refractivity contribution in [2.24, 2.45) is 4.99 Å². The number of allylic oxidation sites excluding steroid dienone is 2. The van der Waals surface area contributed by atoms with Crippen molar-refractivity contribution < 1.29 is 0 Å². The molecule has 2 rings (SSSR count). The Kier molecular flexibility index (Phi) is 3.05. The van der Waals surface area contributed by atoms with Gasteiger partial charge in [0, 0.05) is 6.20 Å². The van der Waals surface area contributed by atoms with Crippen LogP contribution < -0.4 is 16.9 Å². The molecule has 0 amide bonds. The van der Waals surface area contributed by atoms with Gasteiger partial charge in [0.25, 0.3) is 0 Å². The van der Waals surface area contributed by atoms with Gasteiger partial charge in [-0.2, -0.15) is 5.43 Å². The quantitative estimate of drug-likeness (QED) is 0.607. The summed E-state index contributed by atoms with van der Waals surface area (Å²) >= 11 is 0. The second-order valence-corrected chi connectivity index (χ2v) is 3.25. The fraction of sp³-hybridized carbons (Fsp3) is 0.444. The molecule has 0 aliphatic carbocycles. The van der Waals surface area contributed by atoms with Crippen LogP contribution in [0.1, 0.15) is 13.8 Å². The summed E-state index contributed by atoms with van der Waals surface area (Å²) in [6.45, 7) is 4.97. The number of amidine groups is 1. The Morgan fingerprint density at radius 1 is 1.57 bits per heavy atom. The lowest BCUT2D eigenvalue weighted by Crippen LogP contribution is -2.53. The number of nitrogens with zero attached hydrogens (tertiary/aromatic N) is 2. The van der Waals surface area contributed by atoms with Gasteiger partial charge in [-0.25, -0.2) is 4.99 Å². The van der Waals surface area contributed by atoms with Gasteiger partial charge < -0.3 is 6.15 Å². The van der Waals surface area contributed by atoms with E-state index in [2.05, 4.69) is 22.7 Å². The summed E-state index contributed by atoms with van der Waals surface area (Å²) in [6, 6.07) is 0. The van der Waals surface area contributed by atoms with Gasteiger partial charge in [-0.05, 0) is 25.6 Å². The molecule has 1 atom stereocenters. The van der Waals surface area contributed by atoms with Crippen LogP contribution in [0.25, 0.3) is 0 Å². The first-order chi connectivity index (χ1) is 6.23. The molecule has 0 saturated carbocycles. The Morgan fingerprint density at radius 2 is 2.36 bits per heavy atom. The van der Waals surface area contributed by atoms with Gasteiger partial charge in [0.15, 0.2) is 5.79 Å². The Bertz CT molecular complexity index is 294. The van der Waals surface area contributed by atoms with Gasteiger partial charge in [0.05, 0.1) is 0 Å². The van der Waals surface area contributed by atoms with Crippen LogP contribution in [0, 0.1) is 0 Å². The average molecular weight is 195 g/mol. The summed E-state index contributed by atoms with van der Waals surface area (Å²) in [7, 11) is 0. The van der Waals surface area contributed by atoms with Crippen LogP contribution in [0.5, 0.6) is 0 Å². The highest BCUT2D eigenvalue weighted by Crippen LogP contribution is 2.15. The normalized spacial score (nSPS) is 28.4. The highest BCUT2D eigenvalue weighted by atomic mass is 15.7. The molecular formula is C9H17N5. The lowest BCUT2D eigenvalue weighted by atomic mass is 10.4. The van der Waals surface area contributed by atoms with E-state index in [-0.39, 0.29) is 11.9 Å². The zero-order chi connectivity index (χ0) is 9.31. The second kappa shape index (κ2) is 3.91. The molecule has 0 bridgehead atoms. The van der Waals surface area contributed by atoms with Crippen LogP contribution in [0.3, 0.4) is 0 Å². The van der Waals surface area contributed by atoms with Crippen LogP contribution in [0.4, 0.5) is 0 Å². The first-order valence-corrected chi connectivity index (χ1v) is 4.50. The predicted molar refractivity (Wildman–Crippen MR) is 57.8 cm³/mol. The molecule has 5 N–H and O–H groups in total. The number of hydrogen-bond donors (Lipinski definition) is 3. The van der Waals surface area contributed by atoms with E-state index in [1.807, 2.05) is 36.4 Å². The van der Waals surface area contributed by atoms with Crippen molar-refractivity contribution in [3.05, 3.63) is 24.4 Å². The molecule has 0 fully saturated rings. The monoisotopic (exact) mass is 195 g/mol. The largest absolute Gasteiger partial charge is 0.344 e. The third-order valence-electron chi connectivity index (χ3n) is 2.04. The maximum atomic E-state index is 4.51. The van der Waals surface area contributed by atoms with Crippen molar-refractivity contribution in [1.82, 2.24) is 21.9 Å². The number of hydrogen-bond acceptors (Lipinski definition) is 5. The number of aliphatic imine (C=N–C) groups is 1. The summed E-state index contributed by atoms with van der Waals surface area (Å²) < 4.78 is 0. The predicted octanol–water partition coefficient (Wildman–Crippen LogP) is 0.734. The van der Waals surface area contributed by atoms with E-state index in [0.29, 0.717) is 0 Å². The lowest BCUT2D eigenvalue weighted by molar-refractivity contribution is 0.238. The van der Waals surface area contributed by atoms with E-state index in [0.717, 1.165) is 12.4 Å². The Balaban J connectivity index is 0.000000980. The van der Waals surface area contributed by atoms with E-state index in [1.165, 1.54) is 0 Å². The van der Waals surface area contributed by atoms with Crippen molar-refractivity contribution in [1.29, 1.82) is 0 Å². The molecule has 2 heterocycles. The molecule has 2 aliphatic heterocycles. The third-order valence-corrected chi connectivity index (χ3v) is 2.04. The van der Waals surface area contributed by atoms with Crippen molar-refractivity contribution in [3.8, 4) is 0 Å². The molecule has 0 radical (unpaired) electrons. The fourth-order valence-electron chi connectivity index (χ4n) is 1.53. The van der Waals surface area contributed by atoms with Crippen molar-refractivity contribution in [2.75, 3.05) is 6.54 Å². The highest BCUT2D eigenvalue weighted by molar-refractivity contribution is 5.95. The zero-order valence-electron chi connectivity index (χ0n) is 8.62. The van der Waals surface area contributed by atoms with Crippen molar-refractivity contribution in [3.63, 3.8) is 0 Å². The van der Waals surface area contributed by atoms with Gasteiger partial charge >= 0.3 is 0 Å². The molecule has 0 aromatic heterocycles. The highest BCUT2D eigenvalue weighted by Gasteiger charge is 2.32. The minimum atomic E-state index is -0.358. The second-order valence-electron chi connectivity index (χ2n) is 3.25. The van der Waals surface area contributed by atoms with Crippen molar-refractivity contribution in [2.45, 2.75) is 19.6 Å². The van der Waals surface area contributed by atoms with E-state index >= 15 is 0 Å². The molecule has 0 spiro atoms. The molecule has 5 nitrogen and oxygen atoms in total. The number of fused-ring (bicyclic) bond motifs is 1. The Morgan fingerprint density at radius 3 is 3.00 bits per heavy atom. The Hall–Kier alpha value is -1.17. The summed E-state index contributed by atoms with van der Waals surface area (Å²) in [5, 5.41) is 5.19. The van der Waals surface area contributed by atoms with Crippen LogP contribution >= 0.6 is 0 Å². The SMILES string of the molecule is CCNC1(C)N=C2C=CC=CN2N1.N. The smallest absolute Gasteiger partial charge is 0.180 e. The molecule has 0 aromatic rings. The van der Waals surface area contributed by atoms with Crippen LogP contribution in [-0.4, -0.2) is 23.2 Å². The maximum absolute atomic E-state index is 4.51.